The first-order valence-corrected chi connectivity index (χ1v) is 8.29. The van der Waals surface area contributed by atoms with Crippen LogP contribution in [-0.2, 0) is 10.0 Å². The van der Waals surface area contributed by atoms with Crippen molar-refractivity contribution in [2.24, 2.45) is 0 Å². The summed E-state index contributed by atoms with van der Waals surface area (Å²) in [6.45, 7) is 1.97. The predicted octanol–water partition coefficient (Wildman–Crippen LogP) is 2.23. The van der Waals surface area contributed by atoms with Crippen LogP contribution in [0, 0.1) is 6.92 Å². The summed E-state index contributed by atoms with van der Waals surface area (Å²) in [5.74, 6) is -0.477. The van der Waals surface area contributed by atoms with Crippen LogP contribution in [0.2, 0.25) is 0 Å². The minimum absolute atomic E-state index is 0.0150. The van der Waals surface area contributed by atoms with Crippen LogP contribution in [0.1, 0.15) is 15.9 Å². The highest BCUT2D eigenvalue weighted by Gasteiger charge is 2.41. The van der Waals surface area contributed by atoms with Crippen LogP contribution in [0.3, 0.4) is 0 Å². The number of nitrogens with zero attached hydrogens (tertiary/aromatic N) is 2. The average molecular weight is 316 g/mol. The molecule has 0 N–H and O–H groups in total. The van der Waals surface area contributed by atoms with E-state index in [9.17, 15) is 13.2 Å². The van der Waals surface area contributed by atoms with Crippen LogP contribution in [-0.4, -0.2) is 32.3 Å². The maximum atomic E-state index is 12.5. The molecule has 0 fully saturated rings. The van der Waals surface area contributed by atoms with Crippen molar-refractivity contribution in [1.29, 1.82) is 0 Å². The number of amides is 1. The smallest absolute Gasteiger partial charge is 0.270 e. The Hall–Kier alpha value is -2.34. The molecule has 3 rings (SSSR count). The Morgan fingerprint density at radius 1 is 1.05 bits per heavy atom. The number of carbonyl (C=O) groups is 1. The third-order valence-corrected chi connectivity index (χ3v) is 5.50. The molecule has 5 nitrogen and oxygen atoms in total. The van der Waals surface area contributed by atoms with E-state index in [0.717, 1.165) is 15.6 Å². The Morgan fingerprint density at radius 2 is 1.68 bits per heavy atom. The number of hydrogen-bond acceptors (Lipinski definition) is 4. The molecule has 1 aliphatic rings. The molecule has 0 aliphatic carbocycles. The van der Waals surface area contributed by atoms with E-state index in [2.05, 4.69) is 0 Å². The summed E-state index contributed by atoms with van der Waals surface area (Å²) in [4.78, 5) is 14.2. The summed E-state index contributed by atoms with van der Waals surface area (Å²) in [6, 6.07) is 14.0. The first-order chi connectivity index (χ1) is 10.4. The summed E-state index contributed by atoms with van der Waals surface area (Å²) in [7, 11) is -2.00. The van der Waals surface area contributed by atoms with Gasteiger partial charge in [-0.2, -0.15) is 0 Å². The molecule has 1 aliphatic heterocycles. The maximum absolute atomic E-state index is 12.5. The normalized spacial score (nSPS) is 15.7. The minimum Gasteiger partial charge on any atom is -0.356 e. The van der Waals surface area contributed by atoms with Gasteiger partial charge in [-0.25, -0.2) is 12.7 Å². The standard InChI is InChI=1S/C16H16N2O3S/c1-12-7-9-13(10-8-12)17(2)11-18-16(19)14-5-3-4-6-15(14)22(18,20)21/h3-10H,11H2,1-2H3. The molecule has 114 valence electrons. The highest BCUT2D eigenvalue weighted by atomic mass is 32.2. The third-order valence-electron chi connectivity index (χ3n) is 3.73. The van der Waals surface area contributed by atoms with Gasteiger partial charge in [-0.1, -0.05) is 29.8 Å². The van der Waals surface area contributed by atoms with Crippen LogP contribution in [0.25, 0.3) is 0 Å². The van der Waals surface area contributed by atoms with E-state index >= 15 is 0 Å². The quantitative estimate of drug-likeness (QED) is 0.871. The Labute approximate surface area is 129 Å². The SMILES string of the molecule is Cc1ccc(N(C)CN2C(=O)c3ccccc3S2(=O)=O)cc1. The van der Waals surface area contributed by atoms with Crippen molar-refractivity contribution in [1.82, 2.24) is 4.31 Å². The number of aryl methyl sites for hydroxylation is 1. The molecule has 2 aromatic carbocycles. The van der Waals surface area contributed by atoms with Crippen LogP contribution in [0.15, 0.2) is 53.4 Å². The molecule has 0 unspecified atom stereocenters. The first kappa shape index (κ1) is 14.6. The second-order valence-electron chi connectivity index (χ2n) is 5.33. The van der Waals surface area contributed by atoms with E-state index < -0.39 is 15.9 Å². The van der Waals surface area contributed by atoms with Gasteiger partial charge in [0, 0.05) is 12.7 Å². The summed E-state index contributed by atoms with van der Waals surface area (Å²) in [6.07, 6.45) is 0. The average Bonchev–Trinajstić information content (AvgIpc) is 2.69. The molecule has 1 amide bonds. The molecular weight excluding hydrogens is 300 g/mol. The molecule has 0 radical (unpaired) electrons. The van der Waals surface area contributed by atoms with Gasteiger partial charge in [0.15, 0.2) is 0 Å². The van der Waals surface area contributed by atoms with Crippen LogP contribution in [0.4, 0.5) is 5.69 Å². The number of fused-ring (bicyclic) bond motifs is 1. The van der Waals surface area contributed by atoms with Crippen molar-refractivity contribution in [3.63, 3.8) is 0 Å². The van der Waals surface area contributed by atoms with Gasteiger partial charge >= 0.3 is 0 Å². The fraction of sp³-hybridized carbons (Fsp3) is 0.188. The zero-order chi connectivity index (χ0) is 15.9. The van der Waals surface area contributed by atoms with Gasteiger partial charge in [0.05, 0.1) is 5.56 Å². The molecule has 0 atom stereocenters. The number of rotatable bonds is 3. The fourth-order valence-corrected chi connectivity index (χ4v) is 4.01. The van der Waals surface area contributed by atoms with Crippen molar-refractivity contribution in [2.45, 2.75) is 11.8 Å². The van der Waals surface area contributed by atoms with Gasteiger partial charge in [0.25, 0.3) is 15.9 Å². The summed E-state index contributed by atoms with van der Waals surface area (Å²) in [5.41, 5.74) is 2.21. The van der Waals surface area contributed by atoms with Crippen LogP contribution >= 0.6 is 0 Å². The molecule has 6 heteroatoms. The second-order valence-corrected chi connectivity index (χ2v) is 7.16. The van der Waals surface area contributed by atoms with Crippen molar-refractivity contribution in [3.05, 3.63) is 59.7 Å². The number of carbonyl (C=O) groups excluding carboxylic acids is 1. The van der Waals surface area contributed by atoms with E-state index in [0.29, 0.717) is 0 Å². The number of benzene rings is 2. The molecule has 2 aromatic rings. The summed E-state index contributed by atoms with van der Waals surface area (Å²) < 4.78 is 25.9. The Bertz CT molecular complexity index is 829. The van der Waals surface area contributed by atoms with Gasteiger partial charge in [-0.05, 0) is 31.2 Å². The van der Waals surface area contributed by atoms with E-state index in [1.807, 2.05) is 31.2 Å². The van der Waals surface area contributed by atoms with E-state index in [1.165, 1.54) is 6.07 Å². The number of sulfonamides is 1. The molecule has 0 aromatic heterocycles. The second kappa shape index (κ2) is 5.14. The fourth-order valence-electron chi connectivity index (χ4n) is 2.44. The molecule has 22 heavy (non-hydrogen) atoms. The van der Waals surface area contributed by atoms with Crippen molar-refractivity contribution >= 4 is 21.6 Å². The van der Waals surface area contributed by atoms with Gasteiger partial charge in [-0.15, -0.1) is 0 Å². The zero-order valence-corrected chi connectivity index (χ0v) is 13.2. The van der Waals surface area contributed by atoms with E-state index in [4.69, 9.17) is 0 Å². The van der Waals surface area contributed by atoms with Crippen molar-refractivity contribution in [3.8, 4) is 0 Å². The lowest BCUT2D eigenvalue weighted by molar-refractivity contribution is 0.0872. The van der Waals surface area contributed by atoms with Crippen molar-refractivity contribution < 1.29 is 13.2 Å². The Balaban J connectivity index is 1.91. The zero-order valence-electron chi connectivity index (χ0n) is 12.4. The van der Waals surface area contributed by atoms with Crippen molar-refractivity contribution in [2.75, 3.05) is 18.6 Å². The minimum atomic E-state index is -3.76. The van der Waals surface area contributed by atoms with Gasteiger partial charge < -0.3 is 4.90 Å². The third kappa shape index (κ3) is 2.25. The van der Waals surface area contributed by atoms with E-state index in [-0.39, 0.29) is 17.1 Å². The number of hydrogen-bond donors (Lipinski definition) is 0. The van der Waals surface area contributed by atoms with Gasteiger partial charge in [-0.3, -0.25) is 4.79 Å². The largest absolute Gasteiger partial charge is 0.356 e. The predicted molar refractivity (Wildman–Crippen MR) is 84.2 cm³/mol. The molecule has 0 spiro atoms. The highest BCUT2D eigenvalue weighted by molar-refractivity contribution is 7.90. The van der Waals surface area contributed by atoms with Gasteiger partial charge in [0.1, 0.15) is 11.6 Å². The molecule has 0 bridgehead atoms. The Kier molecular flexibility index (Phi) is 3.41. The highest BCUT2D eigenvalue weighted by Crippen LogP contribution is 2.30. The number of anilines is 1. The molecular formula is C16H16N2O3S. The van der Waals surface area contributed by atoms with Crippen LogP contribution in [0.5, 0.6) is 0 Å². The lowest BCUT2D eigenvalue weighted by Crippen LogP contribution is -2.39. The lowest BCUT2D eigenvalue weighted by atomic mass is 10.2. The topological polar surface area (TPSA) is 57.7 Å². The molecule has 0 saturated heterocycles. The Morgan fingerprint density at radius 3 is 2.32 bits per heavy atom. The van der Waals surface area contributed by atoms with E-state index in [1.54, 1.807) is 30.1 Å². The summed E-state index contributed by atoms with van der Waals surface area (Å²) >= 11 is 0. The maximum Gasteiger partial charge on any atom is 0.270 e. The van der Waals surface area contributed by atoms with Gasteiger partial charge in [0.2, 0.25) is 0 Å². The molecule has 0 saturated carbocycles. The van der Waals surface area contributed by atoms with Crippen LogP contribution < -0.4 is 4.90 Å². The monoisotopic (exact) mass is 316 g/mol. The molecule has 1 heterocycles. The first-order valence-electron chi connectivity index (χ1n) is 6.85. The lowest BCUT2D eigenvalue weighted by Gasteiger charge is -2.25. The summed E-state index contributed by atoms with van der Waals surface area (Å²) in [5, 5.41) is 0.